The lowest BCUT2D eigenvalue weighted by atomic mass is 9.97. The topological polar surface area (TPSA) is 114 Å². The number of hydrogen-bond donors (Lipinski definition) is 1. The molecule has 1 amide bonds. The summed E-state index contributed by atoms with van der Waals surface area (Å²) in [6, 6.07) is 13.5. The van der Waals surface area contributed by atoms with E-state index in [1.807, 2.05) is 0 Å². The van der Waals surface area contributed by atoms with Gasteiger partial charge >= 0.3 is 6.18 Å². The zero-order valence-corrected chi connectivity index (χ0v) is 21.2. The van der Waals surface area contributed by atoms with Crippen molar-refractivity contribution >= 4 is 32.9 Å². The van der Waals surface area contributed by atoms with Crippen molar-refractivity contribution in [3.63, 3.8) is 0 Å². The summed E-state index contributed by atoms with van der Waals surface area (Å²) >= 11 is 1.09. The summed E-state index contributed by atoms with van der Waals surface area (Å²) < 4.78 is 45.7. The van der Waals surface area contributed by atoms with E-state index in [1.54, 1.807) is 31.2 Å². The number of fused-ring (bicyclic) bond motifs is 1. The molecule has 8 nitrogen and oxygen atoms in total. The van der Waals surface area contributed by atoms with E-state index in [0.29, 0.717) is 27.4 Å². The van der Waals surface area contributed by atoms with E-state index in [0.717, 1.165) is 29.0 Å². The highest BCUT2D eigenvalue weighted by molar-refractivity contribution is 7.21. The van der Waals surface area contributed by atoms with Gasteiger partial charge in [-0.1, -0.05) is 23.5 Å². The van der Waals surface area contributed by atoms with Crippen LogP contribution in [0, 0.1) is 18.3 Å². The van der Waals surface area contributed by atoms with E-state index in [2.05, 4.69) is 31.3 Å². The van der Waals surface area contributed by atoms with Crippen LogP contribution in [0.4, 0.5) is 18.3 Å². The molecule has 3 heterocycles. The Kier molecular flexibility index (Phi) is 6.67. The quantitative estimate of drug-likeness (QED) is 0.276. The fourth-order valence-electron chi connectivity index (χ4n) is 3.85. The number of hydrogen-bond acceptors (Lipinski definition) is 8. The van der Waals surface area contributed by atoms with Crippen LogP contribution in [0.15, 0.2) is 60.9 Å². The highest BCUT2D eigenvalue weighted by Gasteiger charge is 2.32. The Balaban J connectivity index is 1.49. The number of aromatic nitrogens is 4. The van der Waals surface area contributed by atoms with Crippen molar-refractivity contribution in [3.8, 4) is 34.2 Å². The molecule has 194 valence electrons. The second-order valence-corrected chi connectivity index (χ2v) is 9.31. The van der Waals surface area contributed by atoms with Crippen LogP contribution in [0.5, 0.6) is 5.75 Å². The van der Waals surface area contributed by atoms with E-state index < -0.39 is 17.6 Å². The van der Waals surface area contributed by atoms with Gasteiger partial charge in [-0.25, -0.2) is 9.97 Å². The van der Waals surface area contributed by atoms with Gasteiger partial charge in [-0.3, -0.25) is 15.1 Å². The number of pyridine rings is 1. The third-order valence-corrected chi connectivity index (χ3v) is 6.61. The Hall–Kier alpha value is -4.89. The van der Waals surface area contributed by atoms with Gasteiger partial charge in [0.05, 0.1) is 41.8 Å². The van der Waals surface area contributed by atoms with Crippen LogP contribution in [0.1, 0.15) is 27.2 Å². The molecule has 5 aromatic rings. The smallest absolute Gasteiger partial charge is 0.416 e. The summed E-state index contributed by atoms with van der Waals surface area (Å²) in [5.74, 6) is -0.449. The molecule has 3 aromatic heterocycles. The standard InChI is InChI=1S/C27H17F3N6O2S/c1-14-9-18(19-10-17(27(28,29)30)7-8-22(19)38-2)20(12-32-14)24(37)36-26-35-23-25(39-26)34-21(13-33-23)16-5-3-15(11-31)4-6-16/h3-10,12-13H,1-2H3,(H,33,35,36,37). The van der Waals surface area contributed by atoms with Crippen LogP contribution in [-0.4, -0.2) is 33.0 Å². The molecule has 0 aliphatic carbocycles. The fourth-order valence-corrected chi connectivity index (χ4v) is 4.65. The number of rotatable bonds is 5. The molecule has 0 fully saturated rings. The molecule has 0 atom stereocenters. The number of amides is 1. The van der Waals surface area contributed by atoms with E-state index in [1.165, 1.54) is 31.6 Å². The molecule has 2 aromatic carbocycles. The van der Waals surface area contributed by atoms with Crippen molar-refractivity contribution in [1.29, 1.82) is 5.26 Å². The summed E-state index contributed by atoms with van der Waals surface area (Å²) in [7, 11) is 1.34. The number of nitriles is 1. The lowest BCUT2D eigenvalue weighted by Gasteiger charge is -2.15. The van der Waals surface area contributed by atoms with Gasteiger partial charge in [0, 0.05) is 28.6 Å². The van der Waals surface area contributed by atoms with E-state index in [-0.39, 0.29) is 27.6 Å². The summed E-state index contributed by atoms with van der Waals surface area (Å²) in [5, 5.41) is 11.9. The molecule has 5 rings (SSSR count). The number of alkyl halides is 3. The van der Waals surface area contributed by atoms with Gasteiger partial charge in [0.2, 0.25) is 0 Å². The molecule has 0 saturated carbocycles. The maximum Gasteiger partial charge on any atom is 0.416 e. The number of carbonyl (C=O) groups is 1. The Labute approximate surface area is 223 Å². The molecule has 0 spiro atoms. The van der Waals surface area contributed by atoms with Crippen LogP contribution in [0.2, 0.25) is 0 Å². The first-order valence-electron chi connectivity index (χ1n) is 11.3. The Morgan fingerprint density at radius 1 is 1.03 bits per heavy atom. The first-order chi connectivity index (χ1) is 18.7. The number of nitrogens with zero attached hydrogens (tertiary/aromatic N) is 5. The second kappa shape index (κ2) is 10.1. The normalized spacial score (nSPS) is 11.3. The number of methoxy groups -OCH3 is 1. The molecular formula is C27H17F3N6O2S. The molecular weight excluding hydrogens is 529 g/mol. The number of anilines is 1. The van der Waals surface area contributed by atoms with Gasteiger partial charge in [-0.05, 0) is 43.3 Å². The van der Waals surface area contributed by atoms with Crippen molar-refractivity contribution in [2.75, 3.05) is 12.4 Å². The maximum absolute atomic E-state index is 13.5. The number of ether oxygens (including phenoxy) is 1. The maximum atomic E-state index is 13.5. The Morgan fingerprint density at radius 3 is 2.49 bits per heavy atom. The van der Waals surface area contributed by atoms with E-state index in [9.17, 15) is 18.0 Å². The highest BCUT2D eigenvalue weighted by Crippen LogP contribution is 2.39. The summed E-state index contributed by atoms with van der Waals surface area (Å²) in [6.45, 7) is 1.67. The second-order valence-electron chi connectivity index (χ2n) is 8.33. The number of carbonyl (C=O) groups excluding carboxylic acids is 1. The minimum absolute atomic E-state index is 0.0386. The third kappa shape index (κ3) is 5.25. The number of nitrogens with one attached hydrogen (secondary N) is 1. The van der Waals surface area contributed by atoms with Gasteiger partial charge in [-0.2, -0.15) is 23.4 Å². The molecule has 0 aliphatic rings. The largest absolute Gasteiger partial charge is 0.496 e. The van der Waals surface area contributed by atoms with E-state index >= 15 is 0 Å². The number of aryl methyl sites for hydroxylation is 1. The first-order valence-corrected chi connectivity index (χ1v) is 12.2. The van der Waals surface area contributed by atoms with Crippen LogP contribution < -0.4 is 10.1 Å². The summed E-state index contributed by atoms with van der Waals surface area (Å²) in [4.78, 5) is 31.1. The van der Waals surface area contributed by atoms with Gasteiger partial charge in [-0.15, -0.1) is 0 Å². The van der Waals surface area contributed by atoms with Gasteiger partial charge in [0.15, 0.2) is 15.6 Å². The number of benzene rings is 2. The predicted molar refractivity (Wildman–Crippen MR) is 139 cm³/mol. The van der Waals surface area contributed by atoms with Crippen LogP contribution >= 0.6 is 11.3 Å². The van der Waals surface area contributed by atoms with Gasteiger partial charge < -0.3 is 4.74 Å². The third-order valence-electron chi connectivity index (χ3n) is 5.76. The highest BCUT2D eigenvalue weighted by atomic mass is 32.1. The van der Waals surface area contributed by atoms with E-state index in [4.69, 9.17) is 10.00 Å². The predicted octanol–water partition coefficient (Wildman–Crippen LogP) is 6.28. The molecule has 12 heteroatoms. The molecule has 0 aliphatic heterocycles. The first kappa shape index (κ1) is 25.7. The number of thiazole rings is 1. The zero-order chi connectivity index (χ0) is 27.7. The Morgan fingerprint density at radius 2 is 1.79 bits per heavy atom. The molecule has 0 saturated heterocycles. The Bertz CT molecular complexity index is 1760. The fraction of sp³-hybridized carbons (Fsp3) is 0.111. The average Bonchev–Trinajstić information content (AvgIpc) is 3.33. The molecule has 0 unspecified atom stereocenters. The van der Waals surface area contributed by atoms with Crippen molar-refractivity contribution in [1.82, 2.24) is 19.9 Å². The van der Waals surface area contributed by atoms with Gasteiger partial charge in [0.25, 0.3) is 5.91 Å². The lowest BCUT2D eigenvalue weighted by Crippen LogP contribution is -2.14. The van der Waals surface area contributed by atoms with Crippen LogP contribution in [0.25, 0.3) is 32.9 Å². The molecule has 39 heavy (non-hydrogen) atoms. The molecule has 0 bridgehead atoms. The van der Waals surface area contributed by atoms with Crippen LogP contribution in [0.3, 0.4) is 0 Å². The van der Waals surface area contributed by atoms with Gasteiger partial charge in [0.1, 0.15) is 5.75 Å². The van der Waals surface area contributed by atoms with Crippen molar-refractivity contribution in [2.45, 2.75) is 13.1 Å². The summed E-state index contributed by atoms with van der Waals surface area (Å²) in [5.41, 5.74) is 2.15. The zero-order valence-electron chi connectivity index (χ0n) is 20.4. The number of halogens is 3. The monoisotopic (exact) mass is 546 g/mol. The minimum atomic E-state index is -4.58. The van der Waals surface area contributed by atoms with Crippen molar-refractivity contribution in [2.24, 2.45) is 0 Å². The minimum Gasteiger partial charge on any atom is -0.496 e. The SMILES string of the molecule is COc1ccc(C(F)(F)F)cc1-c1cc(C)ncc1C(=O)Nc1nc2ncc(-c3ccc(C#N)cc3)nc2s1. The van der Waals surface area contributed by atoms with Crippen LogP contribution in [-0.2, 0) is 6.18 Å². The van der Waals surface area contributed by atoms with Crippen molar-refractivity contribution < 1.29 is 22.7 Å². The molecule has 1 N–H and O–H groups in total. The average molecular weight is 547 g/mol. The molecule has 0 radical (unpaired) electrons. The lowest BCUT2D eigenvalue weighted by molar-refractivity contribution is -0.137. The summed E-state index contributed by atoms with van der Waals surface area (Å²) in [6.07, 6.45) is -1.74. The van der Waals surface area contributed by atoms with Crippen molar-refractivity contribution in [3.05, 3.63) is 83.3 Å².